The summed E-state index contributed by atoms with van der Waals surface area (Å²) < 4.78 is 0. The molecule has 0 amide bonds. The molecule has 2 heteroatoms. The van der Waals surface area contributed by atoms with Crippen molar-refractivity contribution >= 4 is 0 Å². The summed E-state index contributed by atoms with van der Waals surface area (Å²) in [7, 11) is 0. The molecule has 0 radical (unpaired) electrons. The first-order valence-corrected chi connectivity index (χ1v) is 7.44. The second-order valence-electron chi connectivity index (χ2n) is 6.42. The van der Waals surface area contributed by atoms with Crippen molar-refractivity contribution in [1.29, 1.82) is 0 Å². The molecule has 1 N–H and O–H groups in total. The average molecular weight is 240 g/mol. The van der Waals surface area contributed by atoms with Gasteiger partial charge >= 0.3 is 0 Å². The number of hydrogen-bond donors (Lipinski definition) is 1. The van der Waals surface area contributed by atoms with Gasteiger partial charge in [-0.05, 0) is 43.2 Å². The fourth-order valence-corrected chi connectivity index (χ4v) is 2.75. The molecule has 0 saturated carbocycles. The van der Waals surface area contributed by atoms with Crippen molar-refractivity contribution in [2.75, 3.05) is 32.7 Å². The third-order valence-electron chi connectivity index (χ3n) is 4.68. The fourth-order valence-electron chi connectivity index (χ4n) is 2.75. The summed E-state index contributed by atoms with van der Waals surface area (Å²) in [6.45, 7) is 17.9. The lowest BCUT2D eigenvalue weighted by molar-refractivity contribution is 0.0871. The van der Waals surface area contributed by atoms with E-state index in [1.807, 2.05) is 0 Å². The van der Waals surface area contributed by atoms with E-state index in [0.29, 0.717) is 5.41 Å². The van der Waals surface area contributed by atoms with Crippen molar-refractivity contribution in [2.45, 2.75) is 47.5 Å². The quantitative estimate of drug-likeness (QED) is 0.768. The molecule has 3 unspecified atom stereocenters. The van der Waals surface area contributed by atoms with E-state index in [0.717, 1.165) is 24.9 Å². The van der Waals surface area contributed by atoms with Gasteiger partial charge in [0.25, 0.3) is 0 Å². The molecule has 1 aliphatic rings. The maximum absolute atomic E-state index is 3.52. The van der Waals surface area contributed by atoms with Crippen molar-refractivity contribution in [2.24, 2.45) is 17.3 Å². The monoisotopic (exact) mass is 240 g/mol. The Morgan fingerprint density at radius 3 is 2.47 bits per heavy atom. The molecule has 102 valence electrons. The highest BCUT2D eigenvalue weighted by Gasteiger charge is 2.29. The molecule has 0 spiro atoms. The van der Waals surface area contributed by atoms with Crippen LogP contribution in [0.4, 0.5) is 0 Å². The Hall–Kier alpha value is -0.0800. The standard InChI is InChI=1S/C15H32N2/c1-6-15(5,11-16-7-2)12-17-9-8-13(3)14(4)10-17/h13-14,16H,6-12H2,1-5H3. The van der Waals surface area contributed by atoms with Gasteiger partial charge in [-0.25, -0.2) is 0 Å². The highest BCUT2D eigenvalue weighted by molar-refractivity contribution is 4.83. The minimum absolute atomic E-state index is 0.441. The molecule has 0 aromatic carbocycles. The molecule has 2 nitrogen and oxygen atoms in total. The van der Waals surface area contributed by atoms with Crippen molar-refractivity contribution in [3.05, 3.63) is 0 Å². The molecule has 1 heterocycles. The summed E-state index contributed by atoms with van der Waals surface area (Å²) in [5, 5.41) is 3.52. The molecule has 1 saturated heterocycles. The molecule has 0 aliphatic carbocycles. The van der Waals surface area contributed by atoms with Gasteiger partial charge < -0.3 is 10.2 Å². The highest BCUT2D eigenvalue weighted by atomic mass is 15.1. The first-order valence-electron chi connectivity index (χ1n) is 7.44. The Morgan fingerprint density at radius 2 is 1.94 bits per heavy atom. The predicted octanol–water partition coefficient (Wildman–Crippen LogP) is 2.99. The molecular formula is C15H32N2. The van der Waals surface area contributed by atoms with Crippen molar-refractivity contribution in [1.82, 2.24) is 10.2 Å². The van der Waals surface area contributed by atoms with Crippen LogP contribution in [0.2, 0.25) is 0 Å². The van der Waals surface area contributed by atoms with Crippen LogP contribution >= 0.6 is 0 Å². The van der Waals surface area contributed by atoms with Crippen LogP contribution in [-0.2, 0) is 0 Å². The summed E-state index contributed by atoms with van der Waals surface area (Å²) >= 11 is 0. The van der Waals surface area contributed by atoms with E-state index < -0.39 is 0 Å². The number of rotatable bonds is 6. The van der Waals surface area contributed by atoms with Gasteiger partial charge in [0.15, 0.2) is 0 Å². The zero-order valence-electron chi connectivity index (χ0n) is 12.6. The zero-order valence-corrected chi connectivity index (χ0v) is 12.6. The van der Waals surface area contributed by atoms with E-state index in [2.05, 4.69) is 44.8 Å². The topological polar surface area (TPSA) is 15.3 Å². The van der Waals surface area contributed by atoms with Gasteiger partial charge in [0.2, 0.25) is 0 Å². The largest absolute Gasteiger partial charge is 0.316 e. The molecule has 1 rings (SSSR count). The first-order chi connectivity index (χ1) is 8.00. The van der Waals surface area contributed by atoms with E-state index in [9.17, 15) is 0 Å². The molecule has 3 atom stereocenters. The van der Waals surface area contributed by atoms with E-state index in [-0.39, 0.29) is 0 Å². The van der Waals surface area contributed by atoms with Crippen LogP contribution in [0.15, 0.2) is 0 Å². The van der Waals surface area contributed by atoms with Gasteiger partial charge in [-0.1, -0.05) is 34.6 Å². The van der Waals surface area contributed by atoms with Crippen molar-refractivity contribution in [3.63, 3.8) is 0 Å². The van der Waals surface area contributed by atoms with Gasteiger partial charge in [-0.2, -0.15) is 0 Å². The molecular weight excluding hydrogens is 208 g/mol. The Kier molecular flexibility index (Phi) is 5.94. The molecule has 1 aliphatic heterocycles. The summed E-state index contributed by atoms with van der Waals surface area (Å²) in [6.07, 6.45) is 2.64. The van der Waals surface area contributed by atoms with Gasteiger partial charge in [0.05, 0.1) is 0 Å². The van der Waals surface area contributed by atoms with E-state index in [4.69, 9.17) is 0 Å². The molecule has 17 heavy (non-hydrogen) atoms. The smallest absolute Gasteiger partial charge is 0.00475 e. The van der Waals surface area contributed by atoms with Crippen molar-refractivity contribution in [3.8, 4) is 0 Å². The van der Waals surface area contributed by atoms with Crippen LogP contribution in [0.1, 0.15) is 47.5 Å². The number of piperidine rings is 1. The Morgan fingerprint density at radius 1 is 1.24 bits per heavy atom. The molecule has 0 aromatic heterocycles. The number of likely N-dealkylation sites (tertiary alicyclic amines) is 1. The lowest BCUT2D eigenvalue weighted by Crippen LogP contribution is -2.46. The van der Waals surface area contributed by atoms with E-state index >= 15 is 0 Å². The minimum Gasteiger partial charge on any atom is -0.316 e. The summed E-state index contributed by atoms with van der Waals surface area (Å²) in [5.41, 5.74) is 0.441. The fraction of sp³-hybridized carbons (Fsp3) is 1.00. The summed E-state index contributed by atoms with van der Waals surface area (Å²) in [5.74, 6) is 1.77. The first kappa shape index (κ1) is 15.0. The number of hydrogen-bond acceptors (Lipinski definition) is 2. The minimum atomic E-state index is 0.441. The SMILES string of the molecule is CCNCC(C)(CC)CN1CCC(C)C(C)C1. The lowest BCUT2D eigenvalue weighted by Gasteiger charge is -2.41. The highest BCUT2D eigenvalue weighted by Crippen LogP contribution is 2.27. The Labute approximate surface area is 108 Å². The van der Waals surface area contributed by atoms with Gasteiger partial charge in [0, 0.05) is 19.6 Å². The van der Waals surface area contributed by atoms with Crippen LogP contribution in [0.25, 0.3) is 0 Å². The normalized spacial score (nSPS) is 30.2. The third kappa shape index (κ3) is 4.59. The molecule has 0 aromatic rings. The second-order valence-corrected chi connectivity index (χ2v) is 6.42. The van der Waals surface area contributed by atoms with Gasteiger partial charge in [-0.3, -0.25) is 0 Å². The maximum Gasteiger partial charge on any atom is 0.00475 e. The third-order valence-corrected chi connectivity index (χ3v) is 4.68. The van der Waals surface area contributed by atoms with Crippen LogP contribution in [-0.4, -0.2) is 37.6 Å². The predicted molar refractivity (Wildman–Crippen MR) is 76.3 cm³/mol. The van der Waals surface area contributed by atoms with E-state index in [1.165, 1.54) is 32.5 Å². The zero-order chi connectivity index (χ0) is 12.9. The van der Waals surface area contributed by atoms with Crippen LogP contribution in [0, 0.1) is 17.3 Å². The van der Waals surface area contributed by atoms with Crippen LogP contribution < -0.4 is 5.32 Å². The average Bonchev–Trinajstić information content (AvgIpc) is 2.31. The van der Waals surface area contributed by atoms with Crippen LogP contribution in [0.5, 0.6) is 0 Å². The van der Waals surface area contributed by atoms with E-state index in [1.54, 1.807) is 0 Å². The Bertz CT molecular complexity index is 217. The number of nitrogens with one attached hydrogen (secondary N) is 1. The summed E-state index contributed by atoms with van der Waals surface area (Å²) in [6, 6.07) is 0. The van der Waals surface area contributed by atoms with Crippen molar-refractivity contribution < 1.29 is 0 Å². The Balaban J connectivity index is 2.45. The van der Waals surface area contributed by atoms with Gasteiger partial charge in [-0.15, -0.1) is 0 Å². The van der Waals surface area contributed by atoms with Gasteiger partial charge in [0.1, 0.15) is 0 Å². The van der Waals surface area contributed by atoms with Crippen LogP contribution in [0.3, 0.4) is 0 Å². The lowest BCUT2D eigenvalue weighted by atomic mass is 9.83. The second kappa shape index (κ2) is 6.75. The number of nitrogens with zero attached hydrogens (tertiary/aromatic N) is 1. The summed E-state index contributed by atoms with van der Waals surface area (Å²) in [4.78, 5) is 2.69. The molecule has 1 fully saturated rings. The molecule has 0 bridgehead atoms. The maximum atomic E-state index is 3.52.